The smallest absolute Gasteiger partial charge is 0.315 e. The van der Waals surface area contributed by atoms with Crippen LogP contribution in [-0.2, 0) is 4.79 Å². The summed E-state index contributed by atoms with van der Waals surface area (Å²) in [5.74, 6) is 0.779. The maximum absolute atomic E-state index is 12.2. The third-order valence-electron chi connectivity index (χ3n) is 3.89. The van der Waals surface area contributed by atoms with Crippen molar-refractivity contribution < 1.29 is 14.3 Å². The number of nitrogens with one attached hydrogen (secondary N) is 2. The highest BCUT2D eigenvalue weighted by molar-refractivity contribution is 5.84. The monoisotopic (exact) mass is 334 g/mol. The van der Waals surface area contributed by atoms with Crippen LogP contribution in [0.2, 0.25) is 0 Å². The Bertz CT molecular complexity index is 551. The molecule has 0 bridgehead atoms. The van der Waals surface area contributed by atoms with E-state index in [0.717, 1.165) is 24.5 Å². The lowest BCUT2D eigenvalue weighted by atomic mass is 10.2. The molecule has 1 aromatic carbocycles. The molecule has 1 aromatic rings. The molecule has 132 valence electrons. The van der Waals surface area contributed by atoms with Gasteiger partial charge in [0.1, 0.15) is 5.75 Å². The third-order valence-corrected chi connectivity index (χ3v) is 3.89. The lowest BCUT2D eigenvalue weighted by molar-refractivity contribution is -0.130. The standard InChI is InChI=1S/C17H26N4O3/c1-13(2)19-17(23)18-12-16(22)21-10-8-20(9-11-21)14-4-6-15(24-3)7-5-14/h4-7,13H,8-12H2,1-3H3,(H2,18,19,23). The number of carbonyl (C=O) groups is 2. The molecule has 7 nitrogen and oxygen atoms in total. The first-order valence-corrected chi connectivity index (χ1v) is 8.20. The summed E-state index contributed by atoms with van der Waals surface area (Å²) in [5.41, 5.74) is 1.12. The maximum Gasteiger partial charge on any atom is 0.315 e. The molecular weight excluding hydrogens is 308 g/mol. The Hall–Kier alpha value is -2.44. The fourth-order valence-corrected chi connectivity index (χ4v) is 2.59. The van der Waals surface area contributed by atoms with Gasteiger partial charge in [-0.15, -0.1) is 0 Å². The van der Waals surface area contributed by atoms with Gasteiger partial charge < -0.3 is 25.2 Å². The van der Waals surface area contributed by atoms with Gasteiger partial charge in [-0.2, -0.15) is 0 Å². The average Bonchev–Trinajstić information content (AvgIpc) is 2.59. The van der Waals surface area contributed by atoms with Crippen molar-refractivity contribution in [2.45, 2.75) is 19.9 Å². The summed E-state index contributed by atoms with van der Waals surface area (Å²) in [6, 6.07) is 7.65. The summed E-state index contributed by atoms with van der Waals surface area (Å²) in [6.07, 6.45) is 0. The molecule has 1 fully saturated rings. The van der Waals surface area contributed by atoms with Crippen LogP contribution in [0, 0.1) is 0 Å². The topological polar surface area (TPSA) is 73.9 Å². The van der Waals surface area contributed by atoms with Gasteiger partial charge in [-0.25, -0.2) is 4.79 Å². The van der Waals surface area contributed by atoms with E-state index < -0.39 is 0 Å². The first kappa shape index (κ1) is 17.9. The van der Waals surface area contributed by atoms with Crippen LogP contribution < -0.4 is 20.3 Å². The SMILES string of the molecule is COc1ccc(N2CCN(C(=O)CNC(=O)NC(C)C)CC2)cc1. The molecule has 0 aliphatic carbocycles. The Morgan fingerprint density at radius 2 is 1.75 bits per heavy atom. The number of hydrogen-bond acceptors (Lipinski definition) is 4. The quantitative estimate of drug-likeness (QED) is 0.844. The largest absolute Gasteiger partial charge is 0.497 e. The highest BCUT2D eigenvalue weighted by Gasteiger charge is 2.21. The number of piperazine rings is 1. The Labute approximate surface area is 142 Å². The third kappa shape index (κ3) is 5.04. The van der Waals surface area contributed by atoms with E-state index in [2.05, 4.69) is 15.5 Å². The number of hydrogen-bond donors (Lipinski definition) is 2. The fourth-order valence-electron chi connectivity index (χ4n) is 2.59. The highest BCUT2D eigenvalue weighted by atomic mass is 16.5. The molecule has 0 unspecified atom stereocenters. The minimum Gasteiger partial charge on any atom is -0.497 e. The Kier molecular flexibility index (Phi) is 6.28. The normalized spacial score (nSPS) is 14.5. The Balaban J connectivity index is 1.77. The summed E-state index contributed by atoms with van der Waals surface area (Å²) >= 11 is 0. The van der Waals surface area contributed by atoms with Gasteiger partial charge in [-0.05, 0) is 38.1 Å². The molecule has 3 amide bonds. The van der Waals surface area contributed by atoms with Gasteiger partial charge in [0, 0.05) is 37.9 Å². The van der Waals surface area contributed by atoms with E-state index in [9.17, 15) is 9.59 Å². The van der Waals surface area contributed by atoms with Crippen LogP contribution in [0.15, 0.2) is 24.3 Å². The molecule has 1 heterocycles. The second-order valence-electron chi connectivity index (χ2n) is 6.05. The average molecular weight is 334 g/mol. The molecule has 0 aromatic heterocycles. The number of urea groups is 1. The Morgan fingerprint density at radius 3 is 2.29 bits per heavy atom. The molecule has 0 atom stereocenters. The van der Waals surface area contributed by atoms with Crippen molar-refractivity contribution in [2.24, 2.45) is 0 Å². The van der Waals surface area contributed by atoms with Crippen LogP contribution in [0.25, 0.3) is 0 Å². The minimum atomic E-state index is -0.310. The van der Waals surface area contributed by atoms with Crippen LogP contribution in [0.5, 0.6) is 5.75 Å². The summed E-state index contributed by atoms with van der Waals surface area (Å²) < 4.78 is 5.16. The fraction of sp³-hybridized carbons (Fsp3) is 0.529. The van der Waals surface area contributed by atoms with Gasteiger partial charge in [0.25, 0.3) is 0 Å². The van der Waals surface area contributed by atoms with Gasteiger partial charge >= 0.3 is 6.03 Å². The number of ether oxygens (including phenoxy) is 1. The van der Waals surface area contributed by atoms with E-state index >= 15 is 0 Å². The Morgan fingerprint density at radius 1 is 1.12 bits per heavy atom. The number of rotatable bonds is 5. The minimum absolute atomic E-state index is 0.0289. The molecule has 24 heavy (non-hydrogen) atoms. The van der Waals surface area contributed by atoms with E-state index in [1.807, 2.05) is 38.1 Å². The zero-order valence-corrected chi connectivity index (χ0v) is 14.5. The number of nitrogens with zero attached hydrogens (tertiary/aromatic N) is 2. The van der Waals surface area contributed by atoms with Crippen LogP contribution in [-0.4, -0.2) is 62.7 Å². The molecule has 2 N–H and O–H groups in total. The lowest BCUT2D eigenvalue weighted by Gasteiger charge is -2.36. The van der Waals surface area contributed by atoms with Crippen molar-refractivity contribution in [3.8, 4) is 5.75 Å². The van der Waals surface area contributed by atoms with Gasteiger partial charge in [0.15, 0.2) is 0 Å². The lowest BCUT2D eigenvalue weighted by Crippen LogP contribution is -2.52. The number of anilines is 1. The van der Waals surface area contributed by atoms with E-state index in [1.54, 1.807) is 12.0 Å². The molecule has 0 spiro atoms. The second-order valence-corrected chi connectivity index (χ2v) is 6.05. The second kappa shape index (κ2) is 8.42. The van der Waals surface area contributed by atoms with E-state index in [0.29, 0.717) is 13.1 Å². The molecule has 7 heteroatoms. The molecule has 1 aliphatic heterocycles. The van der Waals surface area contributed by atoms with Crippen molar-refractivity contribution in [1.82, 2.24) is 15.5 Å². The van der Waals surface area contributed by atoms with Gasteiger partial charge in [0.05, 0.1) is 13.7 Å². The molecule has 0 saturated carbocycles. The van der Waals surface area contributed by atoms with E-state index in [-0.39, 0.29) is 24.5 Å². The number of amides is 3. The molecule has 1 aliphatic rings. The molecule has 2 rings (SSSR count). The zero-order valence-electron chi connectivity index (χ0n) is 14.5. The van der Waals surface area contributed by atoms with Crippen molar-refractivity contribution in [2.75, 3.05) is 44.7 Å². The maximum atomic E-state index is 12.2. The highest BCUT2D eigenvalue weighted by Crippen LogP contribution is 2.20. The van der Waals surface area contributed by atoms with Gasteiger partial charge in [0.2, 0.25) is 5.91 Å². The van der Waals surface area contributed by atoms with Crippen LogP contribution in [0.3, 0.4) is 0 Å². The number of methoxy groups -OCH3 is 1. The van der Waals surface area contributed by atoms with Crippen molar-refractivity contribution in [3.05, 3.63) is 24.3 Å². The molecule has 1 saturated heterocycles. The number of benzene rings is 1. The summed E-state index contributed by atoms with van der Waals surface area (Å²) in [6.45, 7) is 6.63. The van der Waals surface area contributed by atoms with E-state index in [4.69, 9.17) is 4.74 Å². The number of carbonyl (C=O) groups excluding carboxylic acids is 2. The van der Waals surface area contributed by atoms with Gasteiger partial charge in [-0.1, -0.05) is 0 Å². The predicted octanol–water partition coefficient (Wildman–Crippen LogP) is 1.05. The molecule has 0 radical (unpaired) electrons. The molecular formula is C17H26N4O3. The van der Waals surface area contributed by atoms with Crippen LogP contribution >= 0.6 is 0 Å². The summed E-state index contributed by atoms with van der Waals surface area (Å²) in [4.78, 5) is 27.7. The van der Waals surface area contributed by atoms with E-state index in [1.165, 1.54) is 0 Å². The predicted molar refractivity (Wildman–Crippen MR) is 93.5 cm³/mol. The zero-order chi connectivity index (χ0) is 17.5. The first-order chi connectivity index (χ1) is 11.5. The first-order valence-electron chi connectivity index (χ1n) is 8.20. The van der Waals surface area contributed by atoms with Crippen molar-refractivity contribution >= 4 is 17.6 Å². The van der Waals surface area contributed by atoms with Crippen LogP contribution in [0.4, 0.5) is 10.5 Å². The summed E-state index contributed by atoms with van der Waals surface area (Å²) in [7, 11) is 1.65. The van der Waals surface area contributed by atoms with Crippen molar-refractivity contribution in [3.63, 3.8) is 0 Å². The van der Waals surface area contributed by atoms with Crippen molar-refractivity contribution in [1.29, 1.82) is 0 Å². The summed E-state index contributed by atoms with van der Waals surface area (Å²) in [5, 5.41) is 5.30. The van der Waals surface area contributed by atoms with Crippen LogP contribution in [0.1, 0.15) is 13.8 Å². The van der Waals surface area contributed by atoms with Gasteiger partial charge in [-0.3, -0.25) is 4.79 Å².